The first-order valence-electron chi connectivity index (χ1n) is 2.34. The first kappa shape index (κ1) is 4.59. The fourth-order valence-corrected chi connectivity index (χ4v) is 0.638. The second kappa shape index (κ2) is 1.50. The van der Waals surface area contributed by atoms with Gasteiger partial charge >= 0.3 is 0 Å². The van der Waals surface area contributed by atoms with Crippen molar-refractivity contribution >= 4 is 5.91 Å². The molecule has 1 rings (SSSR count). The molecule has 3 heteroatoms. The summed E-state index contributed by atoms with van der Waals surface area (Å²) in [5.41, 5.74) is 5.29. The van der Waals surface area contributed by atoms with Crippen LogP contribution in [-0.2, 0) is 4.79 Å². The molecule has 3 N–H and O–H groups in total. The molecule has 1 aliphatic rings. The standard InChI is InChI=1S/C4H8N2O/c5-3-1-2-4(7)6-3/h3H,1-2,5H2,(H,6,7). The molecular formula is C4H8N2O. The summed E-state index contributed by atoms with van der Waals surface area (Å²) in [7, 11) is 0. The van der Waals surface area contributed by atoms with Gasteiger partial charge in [-0.05, 0) is 6.42 Å². The van der Waals surface area contributed by atoms with Crippen molar-refractivity contribution in [2.45, 2.75) is 19.0 Å². The lowest BCUT2D eigenvalue weighted by atomic mass is 10.3. The van der Waals surface area contributed by atoms with E-state index in [1.165, 1.54) is 0 Å². The zero-order valence-corrected chi connectivity index (χ0v) is 3.98. The number of carbonyl (C=O) groups excluding carboxylic acids is 1. The highest BCUT2D eigenvalue weighted by Crippen LogP contribution is 1.99. The zero-order chi connectivity index (χ0) is 5.28. The summed E-state index contributed by atoms with van der Waals surface area (Å²) in [6, 6.07) is 0. The van der Waals surface area contributed by atoms with Crippen molar-refractivity contribution < 1.29 is 4.79 Å². The Hall–Kier alpha value is -0.570. The smallest absolute Gasteiger partial charge is 0.221 e. The lowest BCUT2D eigenvalue weighted by Crippen LogP contribution is -2.32. The number of nitrogens with one attached hydrogen (secondary N) is 1. The van der Waals surface area contributed by atoms with Crippen molar-refractivity contribution in [3.63, 3.8) is 0 Å². The Balaban J connectivity index is 2.40. The number of hydrogen-bond donors (Lipinski definition) is 2. The zero-order valence-electron chi connectivity index (χ0n) is 3.98. The Labute approximate surface area is 41.9 Å². The second-order valence-electron chi connectivity index (χ2n) is 1.71. The van der Waals surface area contributed by atoms with E-state index in [1.807, 2.05) is 0 Å². The number of amides is 1. The summed E-state index contributed by atoms with van der Waals surface area (Å²) in [5, 5.41) is 2.56. The molecule has 1 saturated heterocycles. The SMILES string of the molecule is NC1CCC(=O)N1. The van der Waals surface area contributed by atoms with Gasteiger partial charge in [-0.15, -0.1) is 0 Å². The number of nitrogens with two attached hydrogens (primary N) is 1. The molecule has 0 bridgehead atoms. The van der Waals surface area contributed by atoms with Gasteiger partial charge in [0.25, 0.3) is 0 Å². The third-order valence-electron chi connectivity index (χ3n) is 1.03. The largest absolute Gasteiger partial charge is 0.341 e. The van der Waals surface area contributed by atoms with Crippen molar-refractivity contribution in [2.75, 3.05) is 0 Å². The Morgan fingerprint density at radius 2 is 2.57 bits per heavy atom. The van der Waals surface area contributed by atoms with E-state index in [-0.39, 0.29) is 12.1 Å². The monoisotopic (exact) mass is 100 g/mol. The predicted molar refractivity (Wildman–Crippen MR) is 25.4 cm³/mol. The van der Waals surface area contributed by atoms with Crippen LogP contribution in [0, 0.1) is 0 Å². The van der Waals surface area contributed by atoms with E-state index in [2.05, 4.69) is 5.32 Å². The number of hydrogen-bond acceptors (Lipinski definition) is 2. The molecule has 1 atom stereocenters. The van der Waals surface area contributed by atoms with Crippen LogP contribution in [0.2, 0.25) is 0 Å². The van der Waals surface area contributed by atoms with Gasteiger partial charge in [0.1, 0.15) is 0 Å². The molecule has 0 spiro atoms. The highest BCUT2D eigenvalue weighted by molar-refractivity contribution is 5.78. The Bertz CT molecular complexity index is 91.7. The van der Waals surface area contributed by atoms with Crippen molar-refractivity contribution in [3.05, 3.63) is 0 Å². The number of carbonyl (C=O) groups is 1. The van der Waals surface area contributed by atoms with Crippen LogP contribution in [-0.4, -0.2) is 12.1 Å². The summed E-state index contributed by atoms with van der Waals surface area (Å²) in [6.45, 7) is 0. The predicted octanol–water partition coefficient (Wildman–Crippen LogP) is -0.819. The molecule has 0 aromatic carbocycles. The Morgan fingerprint density at radius 3 is 2.71 bits per heavy atom. The van der Waals surface area contributed by atoms with Crippen LogP contribution in [0.4, 0.5) is 0 Å². The molecule has 1 amide bonds. The average Bonchev–Trinajstić information content (AvgIpc) is 1.87. The normalized spacial score (nSPS) is 30.4. The van der Waals surface area contributed by atoms with Gasteiger partial charge in [-0.2, -0.15) is 0 Å². The minimum absolute atomic E-state index is 0.0764. The lowest BCUT2D eigenvalue weighted by molar-refractivity contribution is -0.119. The van der Waals surface area contributed by atoms with E-state index >= 15 is 0 Å². The molecule has 1 aliphatic heterocycles. The summed E-state index contributed by atoms with van der Waals surface area (Å²) in [6.07, 6.45) is 1.31. The Kier molecular flexibility index (Phi) is 0.982. The molecule has 0 aromatic rings. The fourth-order valence-electron chi connectivity index (χ4n) is 0.638. The molecule has 40 valence electrons. The molecule has 0 radical (unpaired) electrons. The molecule has 0 aliphatic carbocycles. The minimum atomic E-state index is -0.0764. The first-order chi connectivity index (χ1) is 3.29. The van der Waals surface area contributed by atoms with Gasteiger partial charge in [-0.1, -0.05) is 0 Å². The third-order valence-corrected chi connectivity index (χ3v) is 1.03. The summed E-state index contributed by atoms with van der Waals surface area (Å²) >= 11 is 0. The summed E-state index contributed by atoms with van der Waals surface area (Å²) < 4.78 is 0. The van der Waals surface area contributed by atoms with Crippen molar-refractivity contribution in [1.29, 1.82) is 0 Å². The molecule has 0 saturated carbocycles. The van der Waals surface area contributed by atoms with Gasteiger partial charge < -0.3 is 11.1 Å². The van der Waals surface area contributed by atoms with Crippen molar-refractivity contribution in [2.24, 2.45) is 5.73 Å². The molecule has 1 heterocycles. The van der Waals surface area contributed by atoms with Crippen LogP contribution in [0.25, 0.3) is 0 Å². The van der Waals surface area contributed by atoms with Crippen LogP contribution in [0.1, 0.15) is 12.8 Å². The van der Waals surface area contributed by atoms with E-state index in [0.29, 0.717) is 6.42 Å². The molecule has 1 fully saturated rings. The third kappa shape index (κ3) is 0.899. The van der Waals surface area contributed by atoms with Gasteiger partial charge in [0, 0.05) is 6.42 Å². The van der Waals surface area contributed by atoms with Crippen LogP contribution in [0.15, 0.2) is 0 Å². The topological polar surface area (TPSA) is 55.1 Å². The van der Waals surface area contributed by atoms with Crippen molar-refractivity contribution in [1.82, 2.24) is 5.32 Å². The number of rotatable bonds is 0. The molecule has 1 unspecified atom stereocenters. The van der Waals surface area contributed by atoms with Crippen molar-refractivity contribution in [3.8, 4) is 0 Å². The molecule has 0 aromatic heterocycles. The second-order valence-corrected chi connectivity index (χ2v) is 1.71. The van der Waals surface area contributed by atoms with E-state index in [9.17, 15) is 4.79 Å². The maximum Gasteiger partial charge on any atom is 0.221 e. The molecular weight excluding hydrogens is 92.1 g/mol. The average molecular weight is 100 g/mol. The van der Waals surface area contributed by atoms with Crippen LogP contribution >= 0.6 is 0 Å². The van der Waals surface area contributed by atoms with Gasteiger partial charge in [0.05, 0.1) is 6.17 Å². The first-order valence-corrected chi connectivity index (χ1v) is 2.34. The van der Waals surface area contributed by atoms with Gasteiger partial charge in [0.2, 0.25) is 5.91 Å². The van der Waals surface area contributed by atoms with E-state index in [1.54, 1.807) is 0 Å². The van der Waals surface area contributed by atoms with E-state index < -0.39 is 0 Å². The van der Waals surface area contributed by atoms with Crippen LogP contribution in [0.5, 0.6) is 0 Å². The molecule has 3 nitrogen and oxygen atoms in total. The quantitative estimate of drug-likeness (QED) is 0.418. The van der Waals surface area contributed by atoms with Crippen LogP contribution in [0.3, 0.4) is 0 Å². The maximum absolute atomic E-state index is 10.3. The Morgan fingerprint density at radius 1 is 1.86 bits per heavy atom. The highest BCUT2D eigenvalue weighted by atomic mass is 16.2. The molecule has 7 heavy (non-hydrogen) atoms. The van der Waals surface area contributed by atoms with Crippen LogP contribution < -0.4 is 11.1 Å². The van der Waals surface area contributed by atoms with Gasteiger partial charge in [-0.3, -0.25) is 4.79 Å². The maximum atomic E-state index is 10.3. The van der Waals surface area contributed by atoms with E-state index in [4.69, 9.17) is 5.73 Å². The summed E-state index contributed by atoms with van der Waals surface area (Å²) in [4.78, 5) is 10.3. The fraction of sp³-hybridized carbons (Fsp3) is 0.750. The lowest BCUT2D eigenvalue weighted by Gasteiger charge is -1.96. The van der Waals surface area contributed by atoms with Gasteiger partial charge in [0.15, 0.2) is 0 Å². The van der Waals surface area contributed by atoms with E-state index in [0.717, 1.165) is 6.42 Å². The minimum Gasteiger partial charge on any atom is -0.341 e. The highest BCUT2D eigenvalue weighted by Gasteiger charge is 2.15. The summed E-state index contributed by atoms with van der Waals surface area (Å²) in [5.74, 6) is 0.0764. The van der Waals surface area contributed by atoms with Gasteiger partial charge in [-0.25, -0.2) is 0 Å².